The molecule has 0 bridgehead atoms. The van der Waals surface area contributed by atoms with Crippen LogP contribution < -0.4 is 10.6 Å². The number of likely N-dealkylation sites (tertiary alicyclic amines) is 1. The average Bonchev–Trinajstić information content (AvgIpc) is 2.47. The predicted octanol–water partition coefficient (Wildman–Crippen LogP) is 1.14. The molecule has 2 amide bonds. The van der Waals surface area contributed by atoms with Crippen molar-refractivity contribution in [1.82, 2.24) is 15.5 Å². The molecular formula is C15H29N3O2. The minimum Gasteiger partial charge on any atom is -0.356 e. The van der Waals surface area contributed by atoms with Crippen molar-refractivity contribution in [2.24, 2.45) is 5.92 Å². The number of unbranched alkanes of at least 4 members (excludes halogenated alkanes) is 1. The molecule has 0 aromatic rings. The molecule has 116 valence electrons. The molecule has 5 heteroatoms. The fourth-order valence-electron chi connectivity index (χ4n) is 2.50. The number of piperidine rings is 1. The van der Waals surface area contributed by atoms with E-state index in [1.54, 1.807) is 0 Å². The van der Waals surface area contributed by atoms with Crippen molar-refractivity contribution in [2.75, 3.05) is 33.2 Å². The SMILES string of the molecule is CCCCNC(=O)C1CCN(C(=O)CCCNC)CC1. The maximum atomic E-state index is 12.0. The first-order chi connectivity index (χ1) is 9.69. The second-order valence-corrected chi connectivity index (χ2v) is 5.51. The largest absolute Gasteiger partial charge is 0.356 e. The van der Waals surface area contributed by atoms with Gasteiger partial charge in [-0.05, 0) is 39.3 Å². The van der Waals surface area contributed by atoms with Crippen molar-refractivity contribution in [3.63, 3.8) is 0 Å². The van der Waals surface area contributed by atoms with Crippen LogP contribution >= 0.6 is 0 Å². The van der Waals surface area contributed by atoms with E-state index in [2.05, 4.69) is 17.6 Å². The first-order valence-electron chi connectivity index (χ1n) is 7.89. The highest BCUT2D eigenvalue weighted by Crippen LogP contribution is 2.18. The molecule has 1 aliphatic rings. The maximum Gasteiger partial charge on any atom is 0.223 e. The second-order valence-electron chi connectivity index (χ2n) is 5.51. The third-order valence-electron chi connectivity index (χ3n) is 3.87. The Morgan fingerprint density at radius 3 is 2.45 bits per heavy atom. The van der Waals surface area contributed by atoms with Gasteiger partial charge in [-0.2, -0.15) is 0 Å². The number of carbonyl (C=O) groups is 2. The fourth-order valence-corrected chi connectivity index (χ4v) is 2.50. The van der Waals surface area contributed by atoms with E-state index in [0.717, 1.165) is 58.3 Å². The van der Waals surface area contributed by atoms with Crippen molar-refractivity contribution in [2.45, 2.75) is 45.4 Å². The minimum atomic E-state index is 0.0909. The Hall–Kier alpha value is -1.10. The molecule has 1 aliphatic heterocycles. The summed E-state index contributed by atoms with van der Waals surface area (Å²) in [5, 5.41) is 6.04. The number of nitrogens with zero attached hydrogens (tertiary/aromatic N) is 1. The van der Waals surface area contributed by atoms with Gasteiger partial charge >= 0.3 is 0 Å². The summed E-state index contributed by atoms with van der Waals surface area (Å²) in [6.07, 6.45) is 5.22. The molecule has 20 heavy (non-hydrogen) atoms. The third kappa shape index (κ3) is 5.90. The first kappa shape index (κ1) is 17.0. The lowest BCUT2D eigenvalue weighted by Gasteiger charge is -2.31. The van der Waals surface area contributed by atoms with Crippen LogP contribution in [0.25, 0.3) is 0 Å². The Kier molecular flexibility index (Phi) is 8.26. The van der Waals surface area contributed by atoms with Gasteiger partial charge in [0.25, 0.3) is 0 Å². The van der Waals surface area contributed by atoms with Crippen molar-refractivity contribution in [3.05, 3.63) is 0 Å². The van der Waals surface area contributed by atoms with E-state index >= 15 is 0 Å². The molecule has 1 fully saturated rings. The smallest absolute Gasteiger partial charge is 0.223 e. The van der Waals surface area contributed by atoms with E-state index in [1.807, 2.05) is 11.9 Å². The summed E-state index contributed by atoms with van der Waals surface area (Å²) in [5.41, 5.74) is 0. The van der Waals surface area contributed by atoms with Gasteiger partial charge in [-0.15, -0.1) is 0 Å². The zero-order chi connectivity index (χ0) is 14.8. The van der Waals surface area contributed by atoms with Crippen LogP contribution in [0.1, 0.15) is 45.4 Å². The van der Waals surface area contributed by atoms with E-state index in [-0.39, 0.29) is 17.7 Å². The third-order valence-corrected chi connectivity index (χ3v) is 3.87. The van der Waals surface area contributed by atoms with Crippen molar-refractivity contribution in [1.29, 1.82) is 0 Å². The number of amides is 2. The molecular weight excluding hydrogens is 254 g/mol. The van der Waals surface area contributed by atoms with E-state index < -0.39 is 0 Å². The maximum absolute atomic E-state index is 12.0. The van der Waals surface area contributed by atoms with E-state index in [9.17, 15) is 9.59 Å². The van der Waals surface area contributed by atoms with Crippen molar-refractivity contribution in [3.8, 4) is 0 Å². The molecule has 0 aliphatic carbocycles. The van der Waals surface area contributed by atoms with Gasteiger partial charge in [0.1, 0.15) is 0 Å². The Bertz CT molecular complexity index is 269. The molecule has 0 aromatic heterocycles. The van der Waals surface area contributed by atoms with Gasteiger partial charge < -0.3 is 15.5 Å². The normalized spacial score (nSPS) is 16.2. The predicted molar refractivity (Wildman–Crippen MR) is 80.4 cm³/mol. The van der Waals surface area contributed by atoms with Crippen LogP contribution in [0, 0.1) is 5.92 Å². The van der Waals surface area contributed by atoms with Crippen LogP contribution in [0.4, 0.5) is 0 Å². The summed E-state index contributed by atoms with van der Waals surface area (Å²) in [7, 11) is 1.90. The van der Waals surface area contributed by atoms with Crippen LogP contribution in [-0.4, -0.2) is 49.9 Å². The van der Waals surface area contributed by atoms with E-state index in [0.29, 0.717) is 6.42 Å². The lowest BCUT2D eigenvalue weighted by molar-refractivity contribution is -0.135. The quantitative estimate of drug-likeness (QED) is 0.657. The van der Waals surface area contributed by atoms with Crippen LogP contribution in [0.2, 0.25) is 0 Å². The summed E-state index contributed by atoms with van der Waals surface area (Å²) in [6.45, 7) is 5.22. The topological polar surface area (TPSA) is 61.4 Å². The van der Waals surface area contributed by atoms with Gasteiger partial charge in [0.15, 0.2) is 0 Å². The van der Waals surface area contributed by atoms with Gasteiger partial charge in [-0.1, -0.05) is 13.3 Å². The molecule has 1 heterocycles. The molecule has 0 atom stereocenters. The zero-order valence-electron chi connectivity index (χ0n) is 12.9. The lowest BCUT2D eigenvalue weighted by atomic mass is 9.95. The monoisotopic (exact) mass is 283 g/mol. The second kappa shape index (κ2) is 9.75. The van der Waals surface area contributed by atoms with Gasteiger partial charge in [0, 0.05) is 32.0 Å². The number of hydrogen-bond donors (Lipinski definition) is 2. The number of nitrogens with one attached hydrogen (secondary N) is 2. The highest BCUT2D eigenvalue weighted by atomic mass is 16.2. The summed E-state index contributed by atoms with van der Waals surface area (Å²) in [4.78, 5) is 25.8. The van der Waals surface area contributed by atoms with Gasteiger partial charge in [-0.3, -0.25) is 9.59 Å². The Labute approximate surface area is 122 Å². The van der Waals surface area contributed by atoms with E-state index in [4.69, 9.17) is 0 Å². The molecule has 0 radical (unpaired) electrons. The van der Waals surface area contributed by atoms with Gasteiger partial charge in [-0.25, -0.2) is 0 Å². The van der Waals surface area contributed by atoms with Crippen LogP contribution in [0.3, 0.4) is 0 Å². The number of rotatable bonds is 8. The Morgan fingerprint density at radius 2 is 1.85 bits per heavy atom. The zero-order valence-corrected chi connectivity index (χ0v) is 12.9. The van der Waals surface area contributed by atoms with Gasteiger partial charge in [0.05, 0.1) is 0 Å². The fraction of sp³-hybridized carbons (Fsp3) is 0.867. The summed E-state index contributed by atoms with van der Waals surface area (Å²) in [6, 6.07) is 0. The highest BCUT2D eigenvalue weighted by Gasteiger charge is 2.26. The molecule has 1 saturated heterocycles. The molecule has 0 unspecified atom stereocenters. The van der Waals surface area contributed by atoms with Crippen LogP contribution in [0.15, 0.2) is 0 Å². The molecule has 2 N–H and O–H groups in total. The van der Waals surface area contributed by atoms with Crippen molar-refractivity contribution >= 4 is 11.8 Å². The minimum absolute atomic E-state index is 0.0909. The molecule has 0 aromatic carbocycles. The molecule has 1 rings (SSSR count). The Morgan fingerprint density at radius 1 is 1.15 bits per heavy atom. The molecule has 5 nitrogen and oxygen atoms in total. The average molecular weight is 283 g/mol. The first-order valence-corrected chi connectivity index (χ1v) is 7.89. The van der Waals surface area contributed by atoms with Crippen LogP contribution in [-0.2, 0) is 9.59 Å². The highest BCUT2D eigenvalue weighted by molar-refractivity contribution is 5.80. The summed E-state index contributed by atoms with van der Waals surface area (Å²) < 4.78 is 0. The van der Waals surface area contributed by atoms with E-state index in [1.165, 1.54) is 0 Å². The molecule has 0 saturated carbocycles. The molecule has 0 spiro atoms. The van der Waals surface area contributed by atoms with Crippen molar-refractivity contribution < 1.29 is 9.59 Å². The Balaban J connectivity index is 2.21. The number of hydrogen-bond acceptors (Lipinski definition) is 3. The summed E-state index contributed by atoms with van der Waals surface area (Å²) >= 11 is 0. The number of carbonyl (C=O) groups excluding carboxylic acids is 2. The lowest BCUT2D eigenvalue weighted by Crippen LogP contribution is -2.43. The van der Waals surface area contributed by atoms with Crippen LogP contribution in [0.5, 0.6) is 0 Å². The standard InChI is InChI=1S/C15H29N3O2/c1-3-4-10-17-15(20)13-7-11-18(12-8-13)14(19)6-5-9-16-2/h13,16H,3-12H2,1-2H3,(H,17,20). The van der Waals surface area contributed by atoms with Gasteiger partial charge in [0.2, 0.25) is 11.8 Å². The summed E-state index contributed by atoms with van der Waals surface area (Å²) in [5.74, 6) is 0.485.